The van der Waals surface area contributed by atoms with E-state index in [2.05, 4.69) is 4.98 Å². The molecule has 1 aromatic carbocycles. The summed E-state index contributed by atoms with van der Waals surface area (Å²) in [4.78, 5) is 15.9. The minimum atomic E-state index is -1.24. The first kappa shape index (κ1) is 12.8. The smallest absolute Gasteiger partial charge is 0.184 e. The first-order chi connectivity index (χ1) is 9.11. The van der Waals surface area contributed by atoms with Crippen molar-refractivity contribution in [2.45, 2.75) is 5.92 Å². The van der Waals surface area contributed by atoms with Gasteiger partial charge >= 0.3 is 0 Å². The summed E-state index contributed by atoms with van der Waals surface area (Å²) < 4.78 is 26.2. The van der Waals surface area contributed by atoms with E-state index in [1.807, 2.05) is 0 Å². The molecule has 0 aliphatic carbocycles. The first-order valence-electron chi connectivity index (χ1n) is 5.41. The van der Waals surface area contributed by atoms with Gasteiger partial charge in [-0.2, -0.15) is 5.26 Å². The first-order valence-corrected chi connectivity index (χ1v) is 5.41. The topological polar surface area (TPSA) is 53.8 Å². The zero-order chi connectivity index (χ0) is 13.8. The molecule has 5 heteroatoms. The Hall–Kier alpha value is -2.61. The van der Waals surface area contributed by atoms with Crippen LogP contribution in [0.25, 0.3) is 0 Å². The van der Waals surface area contributed by atoms with E-state index in [1.165, 1.54) is 24.5 Å². The Morgan fingerprint density at radius 2 is 1.74 bits per heavy atom. The van der Waals surface area contributed by atoms with E-state index in [9.17, 15) is 13.6 Å². The highest BCUT2D eigenvalue weighted by Gasteiger charge is 2.22. The van der Waals surface area contributed by atoms with Gasteiger partial charge < -0.3 is 0 Å². The zero-order valence-corrected chi connectivity index (χ0v) is 9.68. The molecule has 0 bridgehead atoms. The minimum Gasteiger partial charge on any atom is -0.292 e. The van der Waals surface area contributed by atoms with Crippen LogP contribution in [0, 0.1) is 23.0 Å². The molecule has 1 atom stereocenters. The SMILES string of the molecule is N#CC(C(=O)c1ccncc1)c1cc(F)cc(F)c1. The highest BCUT2D eigenvalue weighted by Crippen LogP contribution is 2.22. The summed E-state index contributed by atoms with van der Waals surface area (Å²) in [6.45, 7) is 0. The van der Waals surface area contributed by atoms with E-state index in [-0.39, 0.29) is 11.1 Å². The van der Waals surface area contributed by atoms with E-state index < -0.39 is 23.3 Å². The maximum atomic E-state index is 13.1. The molecule has 1 heterocycles. The van der Waals surface area contributed by atoms with Crippen molar-refractivity contribution in [2.75, 3.05) is 0 Å². The van der Waals surface area contributed by atoms with Crippen LogP contribution in [0.4, 0.5) is 8.78 Å². The molecule has 0 saturated carbocycles. The largest absolute Gasteiger partial charge is 0.292 e. The zero-order valence-electron chi connectivity index (χ0n) is 9.68. The minimum absolute atomic E-state index is 0.00168. The van der Waals surface area contributed by atoms with Crippen LogP contribution >= 0.6 is 0 Å². The molecule has 0 radical (unpaired) electrons. The van der Waals surface area contributed by atoms with Gasteiger partial charge in [0.15, 0.2) is 5.78 Å². The Morgan fingerprint density at radius 3 is 2.26 bits per heavy atom. The number of rotatable bonds is 3. The summed E-state index contributed by atoms with van der Waals surface area (Å²) in [5.74, 6) is -3.40. The van der Waals surface area contributed by atoms with Crippen molar-refractivity contribution < 1.29 is 13.6 Å². The lowest BCUT2D eigenvalue weighted by atomic mass is 9.92. The van der Waals surface area contributed by atoms with Gasteiger partial charge in [0.25, 0.3) is 0 Å². The lowest BCUT2D eigenvalue weighted by Crippen LogP contribution is -2.12. The van der Waals surface area contributed by atoms with E-state index >= 15 is 0 Å². The van der Waals surface area contributed by atoms with Crippen molar-refractivity contribution in [1.29, 1.82) is 5.26 Å². The Labute approximate surface area is 108 Å². The molecular weight excluding hydrogens is 250 g/mol. The van der Waals surface area contributed by atoms with Crippen LogP contribution in [-0.2, 0) is 0 Å². The molecule has 0 amide bonds. The summed E-state index contributed by atoms with van der Waals surface area (Å²) in [5, 5.41) is 9.06. The van der Waals surface area contributed by atoms with Crippen molar-refractivity contribution in [3.05, 3.63) is 65.5 Å². The average Bonchev–Trinajstić information content (AvgIpc) is 2.39. The van der Waals surface area contributed by atoms with Gasteiger partial charge in [0, 0.05) is 24.0 Å². The number of benzene rings is 1. The van der Waals surface area contributed by atoms with Crippen LogP contribution in [0.2, 0.25) is 0 Å². The fourth-order valence-electron chi connectivity index (χ4n) is 1.71. The molecule has 2 aromatic rings. The normalized spacial score (nSPS) is 11.6. The standard InChI is InChI=1S/C14H8F2N2O/c15-11-5-10(6-12(16)7-11)13(8-17)14(19)9-1-3-18-4-2-9/h1-7,13H. The molecule has 1 aromatic heterocycles. The van der Waals surface area contributed by atoms with Gasteiger partial charge in [0.2, 0.25) is 0 Å². The number of ketones is 1. The molecule has 0 N–H and O–H groups in total. The van der Waals surface area contributed by atoms with Crippen LogP contribution in [0.3, 0.4) is 0 Å². The molecule has 1 unspecified atom stereocenters. The van der Waals surface area contributed by atoms with Gasteiger partial charge in [-0.05, 0) is 29.8 Å². The number of carbonyl (C=O) groups excluding carboxylic acids is 1. The Bertz CT molecular complexity index is 630. The van der Waals surface area contributed by atoms with E-state index in [1.54, 1.807) is 6.07 Å². The number of nitriles is 1. The quantitative estimate of drug-likeness (QED) is 0.795. The highest BCUT2D eigenvalue weighted by molar-refractivity contribution is 6.02. The van der Waals surface area contributed by atoms with Crippen molar-refractivity contribution >= 4 is 5.78 Å². The second kappa shape index (κ2) is 5.36. The van der Waals surface area contributed by atoms with Gasteiger partial charge in [-0.1, -0.05) is 0 Å². The molecule has 0 spiro atoms. The second-order valence-corrected chi connectivity index (χ2v) is 3.87. The molecule has 0 aliphatic heterocycles. The van der Waals surface area contributed by atoms with Crippen LogP contribution in [0.5, 0.6) is 0 Å². The molecule has 2 rings (SSSR count). The summed E-state index contributed by atoms with van der Waals surface area (Å²) >= 11 is 0. The Kier molecular flexibility index (Phi) is 3.62. The van der Waals surface area contributed by atoms with Gasteiger partial charge in [-0.25, -0.2) is 8.78 Å². The molecule has 3 nitrogen and oxygen atoms in total. The van der Waals surface area contributed by atoms with E-state index in [0.717, 1.165) is 12.1 Å². The number of aromatic nitrogens is 1. The molecule has 19 heavy (non-hydrogen) atoms. The number of hydrogen-bond acceptors (Lipinski definition) is 3. The van der Waals surface area contributed by atoms with Gasteiger partial charge in [-0.3, -0.25) is 9.78 Å². The average molecular weight is 258 g/mol. The lowest BCUT2D eigenvalue weighted by molar-refractivity contribution is 0.0978. The Balaban J connectivity index is 2.41. The van der Waals surface area contributed by atoms with Crippen molar-refractivity contribution in [1.82, 2.24) is 4.98 Å². The molecular formula is C14H8F2N2O. The summed E-state index contributed by atoms with van der Waals surface area (Å²) in [7, 11) is 0. The summed E-state index contributed by atoms with van der Waals surface area (Å²) in [6, 6.07) is 7.31. The van der Waals surface area contributed by atoms with E-state index in [4.69, 9.17) is 5.26 Å². The molecule has 0 saturated heterocycles. The third-order valence-electron chi connectivity index (χ3n) is 2.57. The second-order valence-electron chi connectivity index (χ2n) is 3.87. The van der Waals surface area contributed by atoms with Gasteiger partial charge in [-0.15, -0.1) is 0 Å². The molecule has 0 aliphatic rings. The predicted molar refractivity (Wildman–Crippen MR) is 63.3 cm³/mol. The summed E-state index contributed by atoms with van der Waals surface area (Å²) in [6.07, 6.45) is 2.82. The monoisotopic (exact) mass is 258 g/mol. The third kappa shape index (κ3) is 2.80. The van der Waals surface area contributed by atoms with Crippen LogP contribution in [-0.4, -0.2) is 10.8 Å². The predicted octanol–water partition coefficient (Wildman–Crippen LogP) is 2.85. The van der Waals surface area contributed by atoms with Gasteiger partial charge in [0.05, 0.1) is 6.07 Å². The lowest BCUT2D eigenvalue weighted by Gasteiger charge is -2.08. The maximum Gasteiger partial charge on any atom is 0.184 e. The number of carbonyl (C=O) groups is 1. The fourth-order valence-corrected chi connectivity index (χ4v) is 1.71. The third-order valence-corrected chi connectivity index (χ3v) is 2.57. The van der Waals surface area contributed by atoms with Crippen LogP contribution < -0.4 is 0 Å². The number of halogens is 2. The highest BCUT2D eigenvalue weighted by atomic mass is 19.1. The fraction of sp³-hybridized carbons (Fsp3) is 0.0714. The van der Waals surface area contributed by atoms with Crippen molar-refractivity contribution in [3.63, 3.8) is 0 Å². The number of Topliss-reactive ketones (excluding diaryl/α,β-unsaturated/α-hetero) is 1. The van der Waals surface area contributed by atoms with Crippen molar-refractivity contribution in [2.24, 2.45) is 0 Å². The maximum absolute atomic E-state index is 13.1. The number of hydrogen-bond donors (Lipinski definition) is 0. The number of pyridine rings is 1. The molecule has 94 valence electrons. The summed E-state index contributed by atoms with van der Waals surface area (Å²) in [5.41, 5.74) is 0.271. The Morgan fingerprint density at radius 1 is 1.16 bits per heavy atom. The van der Waals surface area contributed by atoms with Crippen molar-refractivity contribution in [3.8, 4) is 6.07 Å². The number of nitrogens with zero attached hydrogens (tertiary/aromatic N) is 2. The van der Waals surface area contributed by atoms with Gasteiger partial charge in [0.1, 0.15) is 17.6 Å². The van der Waals surface area contributed by atoms with Crippen LogP contribution in [0.1, 0.15) is 21.8 Å². The molecule has 0 fully saturated rings. The van der Waals surface area contributed by atoms with E-state index in [0.29, 0.717) is 6.07 Å². The van der Waals surface area contributed by atoms with Crippen LogP contribution in [0.15, 0.2) is 42.7 Å².